The summed E-state index contributed by atoms with van der Waals surface area (Å²) < 4.78 is 4.51. The highest BCUT2D eigenvalue weighted by Crippen LogP contribution is 2.30. The summed E-state index contributed by atoms with van der Waals surface area (Å²) in [5, 5.41) is 0. The van der Waals surface area contributed by atoms with Crippen molar-refractivity contribution in [3.8, 4) is 0 Å². The van der Waals surface area contributed by atoms with E-state index in [2.05, 4.69) is 50.3 Å². The Kier molecular flexibility index (Phi) is 4.27. The largest absolute Gasteiger partial charge is 0.331 e. The van der Waals surface area contributed by atoms with Crippen LogP contribution in [0.25, 0.3) is 11.0 Å². The van der Waals surface area contributed by atoms with Gasteiger partial charge in [-0.25, -0.2) is 0 Å². The fraction of sp³-hybridized carbons (Fsp3) is 0.533. The van der Waals surface area contributed by atoms with Gasteiger partial charge in [0.15, 0.2) is 4.77 Å². The minimum absolute atomic E-state index is 0.585. The maximum absolute atomic E-state index is 5.56. The van der Waals surface area contributed by atoms with E-state index in [0.717, 1.165) is 4.77 Å². The SMILES string of the molecule is S=c1[nH]c2cc(I)ccc2n1C1CCCCCCC1. The predicted octanol–water partition coefficient (Wildman–Crippen LogP) is 5.59. The van der Waals surface area contributed by atoms with E-state index >= 15 is 0 Å². The van der Waals surface area contributed by atoms with Crippen LogP contribution in [0.1, 0.15) is 51.0 Å². The van der Waals surface area contributed by atoms with E-state index in [9.17, 15) is 0 Å². The maximum Gasteiger partial charge on any atom is 0.178 e. The van der Waals surface area contributed by atoms with Gasteiger partial charge in [0.2, 0.25) is 0 Å². The molecule has 0 amide bonds. The van der Waals surface area contributed by atoms with Gasteiger partial charge >= 0.3 is 0 Å². The number of hydrogen-bond acceptors (Lipinski definition) is 1. The maximum atomic E-state index is 5.56. The fourth-order valence-corrected chi connectivity index (χ4v) is 4.01. The Morgan fingerprint density at radius 1 is 1.11 bits per heavy atom. The number of nitrogens with zero attached hydrogens (tertiary/aromatic N) is 1. The Balaban J connectivity index is 2.02. The van der Waals surface area contributed by atoms with E-state index in [1.165, 1.54) is 59.5 Å². The molecule has 4 heteroatoms. The smallest absolute Gasteiger partial charge is 0.178 e. The molecule has 1 saturated carbocycles. The van der Waals surface area contributed by atoms with Crippen molar-refractivity contribution in [2.24, 2.45) is 0 Å². The van der Waals surface area contributed by atoms with Gasteiger partial charge in [-0.3, -0.25) is 0 Å². The molecular weight excluding hydrogens is 367 g/mol. The molecule has 102 valence electrons. The highest BCUT2D eigenvalue weighted by atomic mass is 127. The van der Waals surface area contributed by atoms with Crippen LogP contribution in [-0.4, -0.2) is 9.55 Å². The summed E-state index contributed by atoms with van der Waals surface area (Å²) in [6.45, 7) is 0. The molecule has 2 aromatic rings. The molecule has 2 nitrogen and oxygen atoms in total. The number of H-pyrrole nitrogens is 1. The van der Waals surface area contributed by atoms with Crippen LogP contribution in [0.5, 0.6) is 0 Å². The summed E-state index contributed by atoms with van der Waals surface area (Å²) in [5.41, 5.74) is 2.45. The monoisotopic (exact) mass is 386 g/mol. The van der Waals surface area contributed by atoms with Crippen LogP contribution in [0.4, 0.5) is 0 Å². The van der Waals surface area contributed by atoms with Crippen molar-refractivity contribution in [3.63, 3.8) is 0 Å². The molecule has 0 bridgehead atoms. The lowest BCUT2D eigenvalue weighted by atomic mass is 9.96. The molecule has 0 saturated heterocycles. The molecule has 0 radical (unpaired) electrons. The first-order chi connectivity index (χ1) is 9.25. The van der Waals surface area contributed by atoms with Crippen LogP contribution in [-0.2, 0) is 0 Å². The lowest BCUT2D eigenvalue weighted by Crippen LogP contribution is -2.11. The Bertz CT molecular complexity index is 621. The van der Waals surface area contributed by atoms with Crippen molar-refractivity contribution in [3.05, 3.63) is 26.5 Å². The first-order valence-corrected chi connectivity index (χ1v) is 8.64. The van der Waals surface area contributed by atoms with Gasteiger partial charge in [-0.1, -0.05) is 32.1 Å². The molecule has 0 aliphatic heterocycles. The van der Waals surface area contributed by atoms with Gasteiger partial charge in [0.25, 0.3) is 0 Å². The first-order valence-electron chi connectivity index (χ1n) is 7.15. The summed E-state index contributed by atoms with van der Waals surface area (Å²) in [6, 6.07) is 7.15. The molecule has 1 aromatic carbocycles. The summed E-state index contributed by atoms with van der Waals surface area (Å²) in [6.07, 6.45) is 9.38. The Morgan fingerprint density at radius 3 is 2.53 bits per heavy atom. The Labute approximate surface area is 132 Å². The van der Waals surface area contributed by atoms with Crippen LogP contribution < -0.4 is 0 Å². The molecule has 1 fully saturated rings. The lowest BCUT2D eigenvalue weighted by Gasteiger charge is -2.22. The quantitative estimate of drug-likeness (QED) is 0.501. The van der Waals surface area contributed by atoms with E-state index in [0.29, 0.717) is 6.04 Å². The number of aromatic amines is 1. The molecule has 1 aliphatic carbocycles. The summed E-state index contributed by atoms with van der Waals surface area (Å²) in [4.78, 5) is 3.37. The van der Waals surface area contributed by atoms with Gasteiger partial charge in [0, 0.05) is 9.61 Å². The van der Waals surface area contributed by atoms with Crippen LogP contribution in [0.15, 0.2) is 18.2 Å². The highest BCUT2D eigenvalue weighted by Gasteiger charge is 2.16. The molecule has 0 spiro atoms. The molecule has 1 aliphatic rings. The van der Waals surface area contributed by atoms with Crippen LogP contribution in [0.2, 0.25) is 0 Å². The first kappa shape index (κ1) is 13.6. The molecule has 19 heavy (non-hydrogen) atoms. The average molecular weight is 386 g/mol. The third-order valence-electron chi connectivity index (χ3n) is 4.12. The van der Waals surface area contributed by atoms with E-state index in [1.807, 2.05) is 0 Å². The van der Waals surface area contributed by atoms with E-state index in [-0.39, 0.29) is 0 Å². The average Bonchev–Trinajstić information content (AvgIpc) is 2.64. The van der Waals surface area contributed by atoms with Gasteiger partial charge in [0.1, 0.15) is 0 Å². The third-order valence-corrected chi connectivity index (χ3v) is 5.09. The third kappa shape index (κ3) is 2.89. The summed E-state index contributed by atoms with van der Waals surface area (Å²) in [5.74, 6) is 0. The van der Waals surface area contributed by atoms with E-state index < -0.39 is 0 Å². The van der Waals surface area contributed by atoms with Gasteiger partial charge in [0.05, 0.1) is 11.0 Å². The number of nitrogens with one attached hydrogen (secondary N) is 1. The molecule has 0 atom stereocenters. The van der Waals surface area contributed by atoms with Crippen LogP contribution in [0, 0.1) is 8.34 Å². The highest BCUT2D eigenvalue weighted by molar-refractivity contribution is 14.1. The van der Waals surface area contributed by atoms with E-state index in [4.69, 9.17) is 12.2 Å². The number of imidazole rings is 1. The second kappa shape index (κ2) is 5.95. The second-order valence-corrected chi connectivity index (χ2v) is 7.09. The Hall–Kier alpha value is -0.360. The zero-order valence-corrected chi connectivity index (χ0v) is 14.0. The molecule has 1 aromatic heterocycles. The molecule has 3 rings (SSSR count). The van der Waals surface area contributed by atoms with Crippen LogP contribution in [0.3, 0.4) is 0 Å². The van der Waals surface area contributed by atoms with Crippen LogP contribution >= 0.6 is 34.8 Å². The van der Waals surface area contributed by atoms with E-state index in [1.54, 1.807) is 0 Å². The normalized spacial score (nSPS) is 18.4. The number of aromatic nitrogens is 2. The number of benzene rings is 1. The zero-order valence-electron chi connectivity index (χ0n) is 11.0. The molecular formula is C15H19IN2S. The van der Waals surface area contributed by atoms with Crippen molar-refractivity contribution < 1.29 is 0 Å². The summed E-state index contributed by atoms with van der Waals surface area (Å²) in [7, 11) is 0. The van der Waals surface area contributed by atoms with Crippen molar-refractivity contribution in [1.82, 2.24) is 9.55 Å². The van der Waals surface area contributed by atoms with Crippen molar-refractivity contribution in [1.29, 1.82) is 0 Å². The number of fused-ring (bicyclic) bond motifs is 1. The second-order valence-electron chi connectivity index (χ2n) is 5.46. The Morgan fingerprint density at radius 2 is 1.79 bits per heavy atom. The number of hydrogen-bond donors (Lipinski definition) is 1. The van der Waals surface area contributed by atoms with Gasteiger partial charge in [-0.15, -0.1) is 0 Å². The van der Waals surface area contributed by atoms with Gasteiger partial charge < -0.3 is 9.55 Å². The topological polar surface area (TPSA) is 20.7 Å². The fourth-order valence-electron chi connectivity index (χ4n) is 3.16. The lowest BCUT2D eigenvalue weighted by molar-refractivity contribution is 0.376. The minimum atomic E-state index is 0.585. The number of halogens is 1. The molecule has 1 heterocycles. The van der Waals surface area contributed by atoms with Gasteiger partial charge in [-0.05, 0) is 65.8 Å². The minimum Gasteiger partial charge on any atom is -0.331 e. The van der Waals surface area contributed by atoms with Crippen molar-refractivity contribution in [2.75, 3.05) is 0 Å². The molecule has 0 unspecified atom stereocenters. The van der Waals surface area contributed by atoms with Gasteiger partial charge in [-0.2, -0.15) is 0 Å². The molecule has 1 N–H and O–H groups in total. The zero-order chi connectivity index (χ0) is 13.2. The summed E-state index contributed by atoms with van der Waals surface area (Å²) >= 11 is 7.91. The number of rotatable bonds is 1. The van der Waals surface area contributed by atoms with Crippen molar-refractivity contribution >= 4 is 45.8 Å². The predicted molar refractivity (Wildman–Crippen MR) is 91.2 cm³/mol. The van der Waals surface area contributed by atoms with Crippen molar-refractivity contribution in [2.45, 2.75) is 51.0 Å². The standard InChI is InChI=1S/C15H19IN2S/c16-11-8-9-14-13(10-11)17-15(19)18(14)12-6-4-2-1-3-5-7-12/h8-10,12H,1-7H2,(H,17,19).